The molecule has 4 heteroatoms. The van der Waals surface area contributed by atoms with Gasteiger partial charge in [0.1, 0.15) is 0 Å². The van der Waals surface area contributed by atoms with Crippen LogP contribution in [0.1, 0.15) is 12.8 Å². The van der Waals surface area contributed by atoms with Gasteiger partial charge in [-0.1, -0.05) is 23.5 Å². The summed E-state index contributed by atoms with van der Waals surface area (Å²) in [5.74, 6) is 0. The number of para-hydroxylation sites is 1. The third kappa shape index (κ3) is 2.67. The molecule has 0 saturated carbocycles. The molecule has 15 heavy (non-hydrogen) atoms. The average molecular weight is 221 g/mol. The number of thiazole rings is 1. The Hall–Kier alpha value is -1.13. The first-order valence-electron chi connectivity index (χ1n) is 5.19. The third-order valence-electron chi connectivity index (χ3n) is 2.20. The topological polar surface area (TPSA) is 50.9 Å². The van der Waals surface area contributed by atoms with E-state index in [1.165, 1.54) is 4.70 Å². The maximum Gasteiger partial charge on any atom is 0.183 e. The van der Waals surface area contributed by atoms with Crippen LogP contribution in [-0.4, -0.2) is 18.1 Å². The molecule has 1 heterocycles. The quantitative estimate of drug-likeness (QED) is 0.762. The highest BCUT2D eigenvalue weighted by Gasteiger charge is 2.00. The Kier molecular flexibility index (Phi) is 3.53. The van der Waals surface area contributed by atoms with Crippen molar-refractivity contribution in [3.8, 4) is 0 Å². The molecular formula is C11H15N3S. The SMILES string of the molecule is NCCCCNc1nc2ccccc2s1. The molecule has 0 amide bonds. The minimum absolute atomic E-state index is 0.765. The maximum absolute atomic E-state index is 5.43. The lowest BCUT2D eigenvalue weighted by molar-refractivity contribution is 0.774. The second-order valence-corrected chi connectivity index (χ2v) is 4.44. The van der Waals surface area contributed by atoms with Gasteiger partial charge in [-0.15, -0.1) is 0 Å². The Morgan fingerprint density at radius 3 is 2.93 bits per heavy atom. The number of fused-ring (bicyclic) bond motifs is 1. The summed E-state index contributed by atoms with van der Waals surface area (Å²) in [6.45, 7) is 1.72. The van der Waals surface area contributed by atoms with E-state index in [0.29, 0.717) is 0 Å². The summed E-state index contributed by atoms with van der Waals surface area (Å²) in [4.78, 5) is 4.49. The van der Waals surface area contributed by atoms with Crippen LogP contribution < -0.4 is 11.1 Å². The summed E-state index contributed by atoms with van der Waals surface area (Å²) in [6.07, 6.45) is 2.17. The second kappa shape index (κ2) is 5.09. The van der Waals surface area contributed by atoms with Gasteiger partial charge >= 0.3 is 0 Å². The lowest BCUT2D eigenvalue weighted by Gasteiger charge is -1.99. The molecule has 0 saturated heterocycles. The monoisotopic (exact) mass is 221 g/mol. The summed E-state index contributed by atoms with van der Waals surface area (Å²) in [5.41, 5.74) is 6.50. The molecule has 2 aromatic rings. The van der Waals surface area contributed by atoms with Gasteiger partial charge in [0.15, 0.2) is 5.13 Å². The molecule has 0 aliphatic rings. The number of unbranched alkanes of at least 4 members (excludes halogenated alkanes) is 1. The minimum Gasteiger partial charge on any atom is -0.361 e. The zero-order valence-electron chi connectivity index (χ0n) is 8.57. The van der Waals surface area contributed by atoms with Crippen LogP contribution >= 0.6 is 11.3 Å². The van der Waals surface area contributed by atoms with Crippen molar-refractivity contribution in [1.29, 1.82) is 0 Å². The van der Waals surface area contributed by atoms with E-state index in [9.17, 15) is 0 Å². The van der Waals surface area contributed by atoms with E-state index in [-0.39, 0.29) is 0 Å². The van der Waals surface area contributed by atoms with Crippen molar-refractivity contribution < 1.29 is 0 Å². The van der Waals surface area contributed by atoms with Crippen LogP contribution in [0.3, 0.4) is 0 Å². The average Bonchev–Trinajstić information content (AvgIpc) is 2.67. The Labute approximate surface area is 93.3 Å². The molecule has 0 atom stereocenters. The van der Waals surface area contributed by atoms with Gasteiger partial charge in [0.25, 0.3) is 0 Å². The van der Waals surface area contributed by atoms with Crippen LogP contribution in [0.2, 0.25) is 0 Å². The third-order valence-corrected chi connectivity index (χ3v) is 3.20. The second-order valence-electron chi connectivity index (χ2n) is 3.41. The van der Waals surface area contributed by atoms with Gasteiger partial charge in [-0.2, -0.15) is 0 Å². The lowest BCUT2D eigenvalue weighted by Crippen LogP contribution is -2.05. The number of nitrogens with two attached hydrogens (primary N) is 1. The van der Waals surface area contributed by atoms with Crippen LogP contribution in [0.5, 0.6) is 0 Å². The highest BCUT2D eigenvalue weighted by Crippen LogP contribution is 2.25. The Balaban J connectivity index is 1.97. The number of nitrogens with one attached hydrogen (secondary N) is 1. The summed E-state index contributed by atoms with van der Waals surface area (Å²) in [7, 11) is 0. The Bertz CT molecular complexity index is 391. The zero-order valence-corrected chi connectivity index (χ0v) is 9.39. The number of rotatable bonds is 5. The minimum atomic E-state index is 0.765. The van der Waals surface area contributed by atoms with Crippen molar-refractivity contribution in [1.82, 2.24) is 4.98 Å². The molecular weight excluding hydrogens is 206 g/mol. The van der Waals surface area contributed by atoms with Gasteiger partial charge in [0.05, 0.1) is 10.2 Å². The predicted molar refractivity (Wildman–Crippen MR) is 66.4 cm³/mol. The molecule has 80 valence electrons. The molecule has 0 aliphatic carbocycles. The van der Waals surface area contributed by atoms with Crippen LogP contribution in [0.4, 0.5) is 5.13 Å². The van der Waals surface area contributed by atoms with Crippen molar-refractivity contribution in [2.75, 3.05) is 18.4 Å². The summed E-state index contributed by atoms with van der Waals surface area (Å²) >= 11 is 1.70. The number of anilines is 1. The molecule has 1 aromatic heterocycles. The number of hydrogen-bond donors (Lipinski definition) is 2. The number of nitrogens with zero attached hydrogens (tertiary/aromatic N) is 1. The van der Waals surface area contributed by atoms with Crippen LogP contribution in [0.25, 0.3) is 10.2 Å². The normalized spacial score (nSPS) is 10.7. The zero-order chi connectivity index (χ0) is 10.5. The van der Waals surface area contributed by atoms with Crippen molar-refractivity contribution >= 4 is 26.7 Å². The molecule has 0 fully saturated rings. The van der Waals surface area contributed by atoms with Gasteiger partial charge in [0, 0.05) is 6.54 Å². The predicted octanol–water partition coefficient (Wildman–Crippen LogP) is 2.45. The van der Waals surface area contributed by atoms with Gasteiger partial charge < -0.3 is 11.1 Å². The largest absolute Gasteiger partial charge is 0.361 e. The van der Waals surface area contributed by atoms with E-state index in [2.05, 4.69) is 16.4 Å². The van der Waals surface area contributed by atoms with Gasteiger partial charge in [0.2, 0.25) is 0 Å². The van der Waals surface area contributed by atoms with Crippen LogP contribution in [0.15, 0.2) is 24.3 Å². The first kappa shape index (κ1) is 10.4. The molecule has 3 nitrogen and oxygen atoms in total. The van der Waals surface area contributed by atoms with Crippen LogP contribution in [0, 0.1) is 0 Å². The van der Waals surface area contributed by atoms with Crippen LogP contribution in [-0.2, 0) is 0 Å². The van der Waals surface area contributed by atoms with E-state index in [1.807, 2.05) is 18.2 Å². The Morgan fingerprint density at radius 1 is 1.27 bits per heavy atom. The fourth-order valence-electron chi connectivity index (χ4n) is 1.41. The maximum atomic E-state index is 5.43. The fourth-order valence-corrected chi connectivity index (χ4v) is 2.30. The smallest absolute Gasteiger partial charge is 0.183 e. The van der Waals surface area contributed by atoms with Gasteiger partial charge in [-0.05, 0) is 31.5 Å². The van der Waals surface area contributed by atoms with Gasteiger partial charge in [-0.25, -0.2) is 4.98 Å². The molecule has 0 bridgehead atoms. The molecule has 2 rings (SSSR count). The molecule has 0 radical (unpaired) electrons. The highest BCUT2D eigenvalue weighted by atomic mass is 32.1. The molecule has 0 aliphatic heterocycles. The van der Waals surface area contributed by atoms with E-state index in [4.69, 9.17) is 5.73 Å². The fraction of sp³-hybridized carbons (Fsp3) is 0.364. The number of benzene rings is 1. The van der Waals surface area contributed by atoms with E-state index >= 15 is 0 Å². The first-order chi connectivity index (χ1) is 7.40. The summed E-state index contributed by atoms with van der Waals surface area (Å²) < 4.78 is 1.24. The van der Waals surface area contributed by atoms with E-state index < -0.39 is 0 Å². The lowest BCUT2D eigenvalue weighted by atomic mass is 10.3. The highest BCUT2D eigenvalue weighted by molar-refractivity contribution is 7.22. The van der Waals surface area contributed by atoms with Crippen molar-refractivity contribution in [3.63, 3.8) is 0 Å². The summed E-state index contributed by atoms with van der Waals surface area (Å²) in [6, 6.07) is 8.19. The molecule has 0 spiro atoms. The van der Waals surface area contributed by atoms with Crippen molar-refractivity contribution in [2.45, 2.75) is 12.8 Å². The Morgan fingerprint density at radius 2 is 2.13 bits per heavy atom. The standard InChI is InChI=1S/C11H15N3S/c12-7-3-4-8-13-11-14-9-5-1-2-6-10(9)15-11/h1-2,5-6H,3-4,7-8,12H2,(H,13,14). The van der Waals surface area contributed by atoms with Crippen molar-refractivity contribution in [3.05, 3.63) is 24.3 Å². The van der Waals surface area contributed by atoms with E-state index in [0.717, 1.165) is 36.6 Å². The molecule has 0 unspecified atom stereocenters. The van der Waals surface area contributed by atoms with Crippen molar-refractivity contribution in [2.24, 2.45) is 5.73 Å². The first-order valence-corrected chi connectivity index (χ1v) is 6.01. The van der Waals surface area contributed by atoms with Gasteiger partial charge in [-0.3, -0.25) is 0 Å². The molecule has 3 N–H and O–H groups in total. The van der Waals surface area contributed by atoms with E-state index in [1.54, 1.807) is 11.3 Å². The number of hydrogen-bond acceptors (Lipinski definition) is 4. The number of aromatic nitrogens is 1. The summed E-state index contributed by atoms with van der Waals surface area (Å²) in [5, 5.41) is 4.33. The molecule has 1 aromatic carbocycles.